The molecule has 1 unspecified atom stereocenters. The zero-order chi connectivity index (χ0) is 12.2. The predicted molar refractivity (Wildman–Crippen MR) is 67.8 cm³/mol. The summed E-state index contributed by atoms with van der Waals surface area (Å²) in [6.45, 7) is 0. The molecule has 0 saturated heterocycles. The van der Waals surface area contributed by atoms with Gasteiger partial charge in [-0.05, 0) is 6.42 Å². The van der Waals surface area contributed by atoms with E-state index in [9.17, 15) is 13.2 Å². The van der Waals surface area contributed by atoms with Crippen molar-refractivity contribution in [1.82, 2.24) is 0 Å². The van der Waals surface area contributed by atoms with Gasteiger partial charge in [-0.25, -0.2) is 8.42 Å². The quantitative estimate of drug-likeness (QED) is 0.618. The summed E-state index contributed by atoms with van der Waals surface area (Å²) in [6, 6.07) is 8.83. The molecule has 0 amide bonds. The van der Waals surface area contributed by atoms with E-state index in [1.807, 2.05) is 6.07 Å². The van der Waals surface area contributed by atoms with Crippen molar-refractivity contribution >= 4 is 31.6 Å². The molecule has 16 heavy (non-hydrogen) atoms. The van der Waals surface area contributed by atoms with Gasteiger partial charge >= 0.3 is 0 Å². The molecule has 0 aliphatic rings. The lowest BCUT2D eigenvalue weighted by Gasteiger charge is -2.07. The topological polar surface area (TPSA) is 51.2 Å². The average Bonchev–Trinajstić information content (AvgIpc) is 2.25. The van der Waals surface area contributed by atoms with E-state index in [0.29, 0.717) is 12.0 Å². The lowest BCUT2D eigenvalue weighted by Crippen LogP contribution is -2.18. The smallest absolute Gasteiger partial charge is 0.176 e. The molecule has 5 heteroatoms. The van der Waals surface area contributed by atoms with E-state index in [-0.39, 0.29) is 11.5 Å². The molecule has 3 nitrogen and oxygen atoms in total. The fraction of sp³-hybridized carbons (Fsp3) is 0.364. The van der Waals surface area contributed by atoms with Crippen LogP contribution in [0.4, 0.5) is 0 Å². The minimum absolute atomic E-state index is 0.0154. The molecule has 0 aromatic heterocycles. The number of carbonyl (C=O) groups is 1. The number of rotatable bonds is 5. The summed E-state index contributed by atoms with van der Waals surface area (Å²) in [5.41, 5.74) is 0.595. The normalized spacial score (nSPS) is 13.4. The summed E-state index contributed by atoms with van der Waals surface area (Å²) >= 11 is 3.22. The van der Waals surface area contributed by atoms with E-state index in [1.54, 1.807) is 24.3 Å². The van der Waals surface area contributed by atoms with Crippen LogP contribution in [0.5, 0.6) is 0 Å². The zero-order valence-corrected chi connectivity index (χ0v) is 11.3. The molecular weight excluding hydrogens is 292 g/mol. The van der Waals surface area contributed by atoms with Crippen molar-refractivity contribution < 1.29 is 13.2 Å². The fourth-order valence-electron chi connectivity index (χ4n) is 1.23. The number of halogens is 1. The lowest BCUT2D eigenvalue weighted by molar-refractivity contribution is 0.0990. The summed E-state index contributed by atoms with van der Waals surface area (Å²) in [5.74, 6) is -0.0640. The maximum Gasteiger partial charge on any atom is 0.176 e. The van der Waals surface area contributed by atoms with Gasteiger partial charge in [0, 0.05) is 11.8 Å². The molecule has 0 radical (unpaired) electrons. The van der Waals surface area contributed by atoms with Crippen LogP contribution >= 0.6 is 15.9 Å². The summed E-state index contributed by atoms with van der Waals surface area (Å²) in [5, 5.41) is 0. The van der Waals surface area contributed by atoms with E-state index >= 15 is 0 Å². The molecule has 0 aliphatic carbocycles. The second-order valence-corrected chi connectivity index (χ2v) is 6.98. The minimum Gasteiger partial charge on any atom is -0.293 e. The Hall–Kier alpha value is -0.680. The highest BCUT2D eigenvalue weighted by atomic mass is 79.9. The van der Waals surface area contributed by atoms with Crippen LogP contribution in [0.2, 0.25) is 0 Å². The Balaban J connectivity index is 2.62. The molecule has 1 rings (SSSR count). The van der Waals surface area contributed by atoms with Crippen LogP contribution in [-0.4, -0.2) is 31.0 Å². The molecule has 0 aliphatic heterocycles. The first-order valence-electron chi connectivity index (χ1n) is 4.81. The Morgan fingerprint density at radius 2 is 1.88 bits per heavy atom. The third kappa shape index (κ3) is 4.45. The molecule has 0 saturated carbocycles. The van der Waals surface area contributed by atoms with Gasteiger partial charge in [0.15, 0.2) is 5.78 Å². The predicted octanol–water partition coefficient (Wildman–Crippen LogP) is 2.07. The number of hydrogen-bond acceptors (Lipinski definition) is 3. The highest BCUT2D eigenvalue weighted by Crippen LogP contribution is 2.14. The van der Waals surface area contributed by atoms with E-state index in [0.717, 1.165) is 0 Å². The Labute approximate surface area is 104 Å². The minimum atomic E-state index is -3.02. The monoisotopic (exact) mass is 304 g/mol. The summed E-state index contributed by atoms with van der Waals surface area (Å²) in [6.07, 6.45) is 1.46. The SMILES string of the molecule is CS(=O)(=O)CCC(Br)C(=O)c1ccccc1. The maximum atomic E-state index is 11.8. The lowest BCUT2D eigenvalue weighted by atomic mass is 10.1. The molecule has 0 bridgehead atoms. The second kappa shape index (κ2) is 5.59. The average molecular weight is 305 g/mol. The Morgan fingerprint density at radius 3 is 2.38 bits per heavy atom. The largest absolute Gasteiger partial charge is 0.293 e. The number of Topliss-reactive ketones (excluding diaryl/α,β-unsaturated/α-hetero) is 1. The van der Waals surface area contributed by atoms with Crippen molar-refractivity contribution in [3.8, 4) is 0 Å². The number of ketones is 1. The van der Waals surface area contributed by atoms with Gasteiger partial charge in [0.25, 0.3) is 0 Å². The highest BCUT2D eigenvalue weighted by Gasteiger charge is 2.18. The van der Waals surface area contributed by atoms with Crippen molar-refractivity contribution in [3.05, 3.63) is 35.9 Å². The Morgan fingerprint density at radius 1 is 1.31 bits per heavy atom. The molecule has 0 N–H and O–H groups in total. The van der Waals surface area contributed by atoms with Crippen LogP contribution in [0.3, 0.4) is 0 Å². The second-order valence-electron chi connectivity index (χ2n) is 3.62. The summed E-state index contributed by atoms with van der Waals surface area (Å²) in [4.78, 5) is 11.4. The molecular formula is C11H13BrO3S. The van der Waals surface area contributed by atoms with Crippen molar-refractivity contribution in [1.29, 1.82) is 0 Å². The zero-order valence-electron chi connectivity index (χ0n) is 8.89. The van der Waals surface area contributed by atoms with Crippen molar-refractivity contribution in [2.24, 2.45) is 0 Å². The van der Waals surface area contributed by atoms with Gasteiger partial charge in [-0.3, -0.25) is 4.79 Å². The van der Waals surface area contributed by atoms with Crippen molar-refractivity contribution in [2.45, 2.75) is 11.2 Å². The van der Waals surface area contributed by atoms with Gasteiger partial charge in [0.05, 0.1) is 10.6 Å². The van der Waals surface area contributed by atoms with Crippen LogP contribution in [0.15, 0.2) is 30.3 Å². The van der Waals surface area contributed by atoms with E-state index in [4.69, 9.17) is 0 Å². The standard InChI is InChI=1S/C11H13BrO3S/c1-16(14,15)8-7-10(12)11(13)9-5-3-2-4-6-9/h2-6,10H,7-8H2,1H3. The van der Waals surface area contributed by atoms with Crippen LogP contribution in [0.25, 0.3) is 0 Å². The third-order valence-corrected chi connectivity index (χ3v) is 3.94. The first kappa shape index (κ1) is 13.4. The van der Waals surface area contributed by atoms with Crippen LogP contribution in [0, 0.1) is 0 Å². The molecule has 1 aromatic rings. The number of alkyl halides is 1. The van der Waals surface area contributed by atoms with E-state index < -0.39 is 14.7 Å². The van der Waals surface area contributed by atoms with Crippen LogP contribution < -0.4 is 0 Å². The molecule has 0 heterocycles. The molecule has 0 fully saturated rings. The van der Waals surface area contributed by atoms with Crippen molar-refractivity contribution in [2.75, 3.05) is 12.0 Å². The van der Waals surface area contributed by atoms with Crippen molar-refractivity contribution in [3.63, 3.8) is 0 Å². The Kier molecular flexibility index (Phi) is 4.68. The Bertz CT molecular complexity index is 453. The number of benzene rings is 1. The molecule has 88 valence electrons. The van der Waals surface area contributed by atoms with Gasteiger partial charge < -0.3 is 0 Å². The number of hydrogen-bond donors (Lipinski definition) is 0. The molecule has 0 spiro atoms. The van der Waals surface area contributed by atoms with Gasteiger partial charge in [0.1, 0.15) is 9.84 Å². The summed E-state index contributed by atoms with van der Waals surface area (Å²) < 4.78 is 21.9. The third-order valence-electron chi connectivity index (χ3n) is 2.08. The van der Waals surface area contributed by atoms with Gasteiger partial charge in [0.2, 0.25) is 0 Å². The number of sulfone groups is 1. The maximum absolute atomic E-state index is 11.8. The first-order chi connectivity index (χ1) is 7.40. The van der Waals surface area contributed by atoms with Crippen LogP contribution in [0.1, 0.15) is 16.8 Å². The van der Waals surface area contributed by atoms with Crippen LogP contribution in [-0.2, 0) is 9.84 Å². The van der Waals surface area contributed by atoms with Gasteiger partial charge in [-0.1, -0.05) is 46.3 Å². The van der Waals surface area contributed by atoms with E-state index in [1.165, 1.54) is 6.26 Å². The molecule has 1 atom stereocenters. The first-order valence-corrected chi connectivity index (χ1v) is 7.79. The fourth-order valence-corrected chi connectivity index (χ4v) is 2.69. The highest BCUT2D eigenvalue weighted by molar-refractivity contribution is 9.10. The number of carbonyl (C=O) groups excluding carboxylic acids is 1. The van der Waals surface area contributed by atoms with Gasteiger partial charge in [-0.15, -0.1) is 0 Å². The van der Waals surface area contributed by atoms with E-state index in [2.05, 4.69) is 15.9 Å². The molecule has 1 aromatic carbocycles. The van der Waals surface area contributed by atoms with Gasteiger partial charge in [-0.2, -0.15) is 0 Å². The summed E-state index contributed by atoms with van der Waals surface area (Å²) in [7, 11) is -3.02.